The zero-order valence-corrected chi connectivity index (χ0v) is 24.9. The Morgan fingerprint density at radius 2 is 1.03 bits per heavy atom. The van der Waals surface area contributed by atoms with Gasteiger partial charge in [-0.2, -0.15) is 0 Å². The summed E-state index contributed by atoms with van der Waals surface area (Å²) in [5, 5.41) is 0. The molecule has 0 aliphatic carbocycles. The summed E-state index contributed by atoms with van der Waals surface area (Å²) in [5.41, 5.74) is 1.22. The van der Waals surface area contributed by atoms with E-state index in [1.54, 1.807) is 0 Å². The zero-order valence-electron chi connectivity index (χ0n) is 24.9. The van der Waals surface area contributed by atoms with Crippen LogP contribution in [-0.4, -0.2) is 69.6 Å². The van der Waals surface area contributed by atoms with E-state index in [-0.39, 0.29) is 11.1 Å². The Hall–Kier alpha value is -0.120. The van der Waals surface area contributed by atoms with E-state index in [0.29, 0.717) is 23.2 Å². The highest BCUT2D eigenvalue weighted by atomic mass is 15.3. The molecule has 0 N–H and O–H groups in total. The number of hydrogen-bond donors (Lipinski definition) is 0. The lowest BCUT2D eigenvalue weighted by Gasteiger charge is -2.56. The molecule has 0 amide bonds. The van der Waals surface area contributed by atoms with Crippen molar-refractivity contribution in [2.45, 2.75) is 168 Å². The molecule has 0 aromatic carbocycles. The molecule has 3 heteroatoms. The molecule has 0 atom stereocenters. The predicted molar refractivity (Wildman–Crippen MR) is 147 cm³/mol. The van der Waals surface area contributed by atoms with Crippen LogP contribution >= 0.6 is 0 Å². The smallest absolute Gasteiger partial charge is 0.0170 e. The first-order chi connectivity index (χ1) is 15.0. The van der Waals surface area contributed by atoms with E-state index in [2.05, 4.69) is 98.0 Å². The van der Waals surface area contributed by atoms with E-state index >= 15 is 0 Å². The average Bonchev–Trinajstić information content (AvgIpc) is 2.65. The van der Waals surface area contributed by atoms with Gasteiger partial charge in [-0.25, -0.2) is 0 Å². The van der Waals surface area contributed by atoms with Crippen molar-refractivity contribution in [3.8, 4) is 0 Å². The molecule has 196 valence electrons. The molecule has 2 rings (SSSR count). The Bertz CT molecular complexity index is 568. The molecule has 2 aliphatic heterocycles. The first-order valence-electron chi connectivity index (χ1n) is 14.2. The number of likely N-dealkylation sites (tertiary alicyclic amines) is 2. The van der Waals surface area contributed by atoms with Crippen LogP contribution in [0.5, 0.6) is 0 Å². The predicted octanol–water partition coefficient (Wildman–Crippen LogP) is 7.59. The van der Waals surface area contributed by atoms with Gasteiger partial charge in [-0.1, -0.05) is 32.1 Å². The summed E-state index contributed by atoms with van der Waals surface area (Å²) in [5.74, 6) is 0.902. The highest BCUT2D eigenvalue weighted by Crippen LogP contribution is 2.42. The molecule has 3 nitrogen and oxygen atoms in total. The minimum Gasteiger partial charge on any atom is -0.298 e. The molecule has 2 aliphatic rings. The van der Waals surface area contributed by atoms with Crippen molar-refractivity contribution >= 4 is 0 Å². The van der Waals surface area contributed by atoms with Crippen LogP contribution in [0.1, 0.15) is 133 Å². The third-order valence-corrected chi connectivity index (χ3v) is 9.84. The molecule has 2 fully saturated rings. The Balaban J connectivity index is 1.73. The van der Waals surface area contributed by atoms with E-state index in [9.17, 15) is 0 Å². The Morgan fingerprint density at radius 3 is 1.48 bits per heavy atom. The van der Waals surface area contributed by atoms with Crippen LogP contribution in [0, 0.1) is 5.92 Å². The van der Waals surface area contributed by atoms with Crippen LogP contribution < -0.4 is 0 Å². The molecule has 0 spiro atoms. The monoisotopic (exact) mass is 463 g/mol. The van der Waals surface area contributed by atoms with Gasteiger partial charge in [0.25, 0.3) is 0 Å². The summed E-state index contributed by atoms with van der Waals surface area (Å²) in [6, 6.07) is 1.35. The fourth-order valence-corrected chi connectivity index (χ4v) is 7.46. The number of rotatable bonds is 10. The Labute approximate surface area is 209 Å². The van der Waals surface area contributed by atoms with Gasteiger partial charge in [0.15, 0.2) is 0 Å². The van der Waals surface area contributed by atoms with E-state index in [1.807, 2.05) is 0 Å². The number of piperidine rings is 2. The normalized spacial score (nSPS) is 26.4. The van der Waals surface area contributed by atoms with Crippen LogP contribution in [0.2, 0.25) is 0 Å². The summed E-state index contributed by atoms with van der Waals surface area (Å²) in [7, 11) is 4.65. The Morgan fingerprint density at radius 1 is 0.636 bits per heavy atom. The van der Waals surface area contributed by atoms with Crippen molar-refractivity contribution in [3.05, 3.63) is 0 Å². The molecule has 0 radical (unpaired) electrons. The largest absolute Gasteiger partial charge is 0.298 e. The minimum absolute atomic E-state index is 0.274. The quantitative estimate of drug-likeness (QED) is 0.309. The van der Waals surface area contributed by atoms with Crippen LogP contribution in [0.4, 0.5) is 0 Å². The molecule has 2 saturated heterocycles. The molecule has 0 aromatic heterocycles. The standard InChI is InChI=1S/C30H61N3/c1-24(2)33(26-22-29(7,8)32(12)30(9,10)23-26)19-17-15-13-14-16-18-25-20-27(3,4)31(11)28(5,6)21-25/h24-26H,13-23H2,1-12H3. The fourth-order valence-electron chi connectivity index (χ4n) is 7.46. The van der Waals surface area contributed by atoms with Crippen LogP contribution in [0.3, 0.4) is 0 Å². The van der Waals surface area contributed by atoms with Gasteiger partial charge >= 0.3 is 0 Å². The second kappa shape index (κ2) is 10.9. The second-order valence-corrected chi connectivity index (χ2v) is 14.6. The van der Waals surface area contributed by atoms with Crippen molar-refractivity contribution in [1.29, 1.82) is 0 Å². The van der Waals surface area contributed by atoms with E-state index in [1.165, 1.54) is 70.8 Å². The Kier molecular flexibility index (Phi) is 9.59. The van der Waals surface area contributed by atoms with Crippen LogP contribution in [-0.2, 0) is 0 Å². The van der Waals surface area contributed by atoms with Gasteiger partial charge in [-0.05, 0) is 128 Å². The lowest BCUT2D eigenvalue weighted by molar-refractivity contribution is -0.0541. The molecular formula is C30H61N3. The first-order valence-corrected chi connectivity index (χ1v) is 14.2. The van der Waals surface area contributed by atoms with Crippen molar-refractivity contribution < 1.29 is 0 Å². The van der Waals surface area contributed by atoms with E-state index in [4.69, 9.17) is 0 Å². The van der Waals surface area contributed by atoms with Gasteiger partial charge in [-0.3, -0.25) is 14.7 Å². The van der Waals surface area contributed by atoms with E-state index in [0.717, 1.165) is 5.92 Å². The highest BCUT2D eigenvalue weighted by Gasteiger charge is 2.45. The second-order valence-electron chi connectivity index (χ2n) is 14.6. The zero-order chi connectivity index (χ0) is 25.2. The average molecular weight is 464 g/mol. The summed E-state index contributed by atoms with van der Waals surface area (Å²) < 4.78 is 0. The highest BCUT2D eigenvalue weighted by molar-refractivity contribution is 5.02. The molecule has 2 heterocycles. The van der Waals surface area contributed by atoms with Crippen molar-refractivity contribution in [1.82, 2.24) is 14.7 Å². The van der Waals surface area contributed by atoms with Crippen molar-refractivity contribution in [3.63, 3.8) is 0 Å². The van der Waals surface area contributed by atoms with Gasteiger partial charge in [0.1, 0.15) is 0 Å². The lowest BCUT2D eigenvalue weighted by Crippen LogP contribution is -2.63. The number of unbranched alkanes of at least 4 members (excludes halogenated alkanes) is 4. The van der Waals surface area contributed by atoms with Gasteiger partial charge in [0.05, 0.1) is 0 Å². The summed E-state index contributed by atoms with van der Waals surface area (Å²) >= 11 is 0. The number of hydrogen-bond acceptors (Lipinski definition) is 3. The fraction of sp³-hybridized carbons (Fsp3) is 1.00. The first kappa shape index (κ1) is 29.1. The van der Waals surface area contributed by atoms with Gasteiger partial charge in [0, 0.05) is 34.2 Å². The van der Waals surface area contributed by atoms with E-state index < -0.39 is 0 Å². The molecular weight excluding hydrogens is 402 g/mol. The van der Waals surface area contributed by atoms with Gasteiger partial charge in [-0.15, -0.1) is 0 Å². The van der Waals surface area contributed by atoms with Crippen molar-refractivity contribution in [2.24, 2.45) is 5.92 Å². The molecule has 0 saturated carbocycles. The summed E-state index contributed by atoms with van der Waals surface area (Å²) in [6.07, 6.45) is 13.7. The molecule has 0 aromatic rings. The van der Waals surface area contributed by atoms with Gasteiger partial charge in [0.2, 0.25) is 0 Å². The minimum atomic E-state index is 0.274. The maximum absolute atomic E-state index is 2.83. The maximum atomic E-state index is 2.83. The SMILES string of the molecule is CC(C)N(CCCCCCCC1CC(C)(C)N(C)C(C)(C)C1)C1CC(C)(C)N(C)C(C)(C)C1. The van der Waals surface area contributed by atoms with Gasteiger partial charge < -0.3 is 0 Å². The number of nitrogens with zero attached hydrogens (tertiary/aromatic N) is 3. The molecule has 0 bridgehead atoms. The lowest BCUT2D eigenvalue weighted by atomic mass is 9.72. The van der Waals surface area contributed by atoms with Crippen molar-refractivity contribution in [2.75, 3.05) is 20.6 Å². The van der Waals surface area contributed by atoms with Crippen LogP contribution in [0.25, 0.3) is 0 Å². The maximum Gasteiger partial charge on any atom is 0.0170 e. The molecule has 0 unspecified atom stereocenters. The third kappa shape index (κ3) is 7.43. The molecule has 33 heavy (non-hydrogen) atoms. The van der Waals surface area contributed by atoms with Crippen LogP contribution in [0.15, 0.2) is 0 Å². The topological polar surface area (TPSA) is 9.72 Å². The third-order valence-electron chi connectivity index (χ3n) is 9.84. The summed E-state index contributed by atoms with van der Waals surface area (Å²) in [4.78, 5) is 8.06. The summed E-state index contributed by atoms with van der Waals surface area (Å²) in [6.45, 7) is 25.6.